The number of aromatic nitrogens is 3. The topological polar surface area (TPSA) is 94.0 Å². The summed E-state index contributed by atoms with van der Waals surface area (Å²) in [5.41, 5.74) is 5.87. The fraction of sp³-hybridized carbons (Fsp3) is 0.500. The highest BCUT2D eigenvalue weighted by Crippen LogP contribution is 1.95. The van der Waals surface area contributed by atoms with E-state index in [1.807, 2.05) is 0 Å². The van der Waals surface area contributed by atoms with Gasteiger partial charge in [-0.15, -0.1) is 5.10 Å². The largest absolute Gasteiger partial charge is 0.480 e. The number of nitrogens with zero attached hydrogens (tertiary/aromatic N) is 3. The molecule has 6 nitrogen and oxygen atoms in total. The third-order valence-corrected chi connectivity index (χ3v) is 1.40. The number of carbonyl (C=O) groups is 1. The molecule has 1 aromatic heterocycles. The number of aryl methyl sites for hydroxylation is 1. The van der Waals surface area contributed by atoms with Crippen molar-refractivity contribution >= 4 is 5.97 Å². The maximum atomic E-state index is 10.3. The van der Waals surface area contributed by atoms with Crippen molar-refractivity contribution < 1.29 is 9.90 Å². The van der Waals surface area contributed by atoms with Crippen molar-refractivity contribution in [3.05, 3.63) is 11.9 Å². The van der Waals surface area contributed by atoms with Crippen molar-refractivity contribution in [3.63, 3.8) is 0 Å². The van der Waals surface area contributed by atoms with Gasteiger partial charge in [-0.3, -0.25) is 9.48 Å². The molecule has 0 fully saturated rings. The van der Waals surface area contributed by atoms with Crippen LogP contribution in [0.2, 0.25) is 0 Å². The van der Waals surface area contributed by atoms with E-state index < -0.39 is 12.0 Å². The molecule has 0 amide bonds. The van der Waals surface area contributed by atoms with Crippen LogP contribution in [0.25, 0.3) is 0 Å². The summed E-state index contributed by atoms with van der Waals surface area (Å²) in [7, 11) is 1.71. The molecule has 3 N–H and O–H groups in total. The van der Waals surface area contributed by atoms with Crippen LogP contribution in [-0.4, -0.2) is 32.1 Å². The highest BCUT2D eigenvalue weighted by atomic mass is 16.4. The molecule has 0 spiro atoms. The molecule has 6 heteroatoms. The Bertz CT molecular complexity index is 283. The molecule has 1 heterocycles. The van der Waals surface area contributed by atoms with Crippen LogP contribution in [0, 0.1) is 0 Å². The van der Waals surface area contributed by atoms with Gasteiger partial charge in [-0.2, -0.15) is 0 Å². The van der Waals surface area contributed by atoms with Crippen LogP contribution >= 0.6 is 0 Å². The van der Waals surface area contributed by atoms with Gasteiger partial charge in [0.25, 0.3) is 0 Å². The normalized spacial score (nSPS) is 12.8. The summed E-state index contributed by atoms with van der Waals surface area (Å²) in [5.74, 6) is -1.03. The van der Waals surface area contributed by atoms with E-state index in [-0.39, 0.29) is 6.42 Å². The number of nitrogens with two attached hydrogens (primary N) is 1. The molecule has 0 saturated carbocycles. The van der Waals surface area contributed by atoms with Gasteiger partial charge in [-0.05, 0) is 0 Å². The summed E-state index contributed by atoms with van der Waals surface area (Å²) in [6, 6.07) is -0.901. The monoisotopic (exact) mass is 170 g/mol. The van der Waals surface area contributed by atoms with Crippen LogP contribution in [0.3, 0.4) is 0 Å². The molecule has 0 saturated heterocycles. The first-order valence-electron chi connectivity index (χ1n) is 3.43. The number of rotatable bonds is 3. The average Bonchev–Trinajstić information content (AvgIpc) is 2.35. The highest BCUT2D eigenvalue weighted by molar-refractivity contribution is 5.73. The third-order valence-electron chi connectivity index (χ3n) is 1.40. The lowest BCUT2D eigenvalue weighted by atomic mass is 10.2. The summed E-state index contributed by atoms with van der Waals surface area (Å²) in [6.07, 6.45) is 1.85. The molecule has 1 rings (SSSR count). The summed E-state index contributed by atoms with van der Waals surface area (Å²) < 4.78 is 1.50. The molecule has 1 atom stereocenters. The van der Waals surface area contributed by atoms with Crippen LogP contribution in [0.1, 0.15) is 5.69 Å². The van der Waals surface area contributed by atoms with Crippen molar-refractivity contribution in [2.24, 2.45) is 12.8 Å². The van der Waals surface area contributed by atoms with Crippen molar-refractivity contribution in [1.29, 1.82) is 0 Å². The van der Waals surface area contributed by atoms with E-state index in [0.29, 0.717) is 5.69 Å². The van der Waals surface area contributed by atoms with E-state index in [1.165, 1.54) is 4.68 Å². The fourth-order valence-electron chi connectivity index (χ4n) is 0.801. The molecule has 0 aromatic carbocycles. The van der Waals surface area contributed by atoms with Crippen LogP contribution < -0.4 is 5.73 Å². The maximum absolute atomic E-state index is 10.3. The number of carboxylic acids is 1. The zero-order valence-corrected chi connectivity index (χ0v) is 6.64. The van der Waals surface area contributed by atoms with Gasteiger partial charge in [0, 0.05) is 19.7 Å². The fourth-order valence-corrected chi connectivity index (χ4v) is 0.801. The second-order valence-electron chi connectivity index (χ2n) is 2.53. The van der Waals surface area contributed by atoms with Crippen molar-refractivity contribution in [2.75, 3.05) is 0 Å². The quantitative estimate of drug-likeness (QED) is 0.592. The molecule has 0 bridgehead atoms. The smallest absolute Gasteiger partial charge is 0.320 e. The molecule has 0 aliphatic rings. The first-order valence-corrected chi connectivity index (χ1v) is 3.43. The van der Waals surface area contributed by atoms with Crippen LogP contribution in [0.4, 0.5) is 0 Å². The van der Waals surface area contributed by atoms with Gasteiger partial charge in [0.1, 0.15) is 6.04 Å². The Hall–Kier alpha value is -1.43. The lowest BCUT2D eigenvalue weighted by Gasteiger charge is -2.00. The van der Waals surface area contributed by atoms with Crippen LogP contribution in [0.5, 0.6) is 0 Å². The number of hydrogen-bond donors (Lipinski definition) is 2. The Labute approximate surface area is 69.0 Å². The first kappa shape index (κ1) is 8.66. The SMILES string of the molecule is Cn1cc(CC(N)C(=O)O)nn1. The lowest BCUT2D eigenvalue weighted by molar-refractivity contribution is -0.138. The Morgan fingerprint density at radius 3 is 3.00 bits per heavy atom. The van der Waals surface area contributed by atoms with E-state index in [4.69, 9.17) is 10.8 Å². The molecule has 1 aromatic rings. The zero-order chi connectivity index (χ0) is 9.14. The molecular formula is C6H10N4O2. The Morgan fingerprint density at radius 1 is 1.92 bits per heavy atom. The molecule has 1 unspecified atom stereocenters. The Kier molecular flexibility index (Phi) is 2.39. The van der Waals surface area contributed by atoms with E-state index in [2.05, 4.69) is 10.3 Å². The minimum absolute atomic E-state index is 0.211. The highest BCUT2D eigenvalue weighted by Gasteiger charge is 2.13. The van der Waals surface area contributed by atoms with Crippen molar-refractivity contribution in [3.8, 4) is 0 Å². The van der Waals surface area contributed by atoms with Crippen LogP contribution in [-0.2, 0) is 18.3 Å². The molecule has 66 valence electrons. The molecule has 0 radical (unpaired) electrons. The van der Waals surface area contributed by atoms with Gasteiger partial charge in [0.05, 0.1) is 5.69 Å². The molecule has 0 aliphatic carbocycles. The second-order valence-corrected chi connectivity index (χ2v) is 2.53. The van der Waals surface area contributed by atoms with Gasteiger partial charge in [0.15, 0.2) is 0 Å². The summed E-state index contributed by atoms with van der Waals surface area (Å²) in [5, 5.41) is 15.8. The average molecular weight is 170 g/mol. The number of aliphatic carboxylic acids is 1. The number of carboxylic acid groups (broad SMARTS) is 1. The maximum Gasteiger partial charge on any atom is 0.320 e. The van der Waals surface area contributed by atoms with Gasteiger partial charge in [0.2, 0.25) is 0 Å². The van der Waals surface area contributed by atoms with E-state index in [9.17, 15) is 4.79 Å². The predicted octanol–water partition coefficient (Wildman–Crippen LogP) is -1.23. The van der Waals surface area contributed by atoms with Gasteiger partial charge >= 0.3 is 5.97 Å². The Balaban J connectivity index is 2.58. The third kappa shape index (κ3) is 2.03. The van der Waals surface area contributed by atoms with Crippen LogP contribution in [0.15, 0.2) is 6.20 Å². The molecule has 12 heavy (non-hydrogen) atoms. The Morgan fingerprint density at radius 2 is 2.58 bits per heavy atom. The van der Waals surface area contributed by atoms with Gasteiger partial charge in [-0.1, -0.05) is 5.21 Å². The zero-order valence-electron chi connectivity index (χ0n) is 6.64. The molecular weight excluding hydrogens is 160 g/mol. The lowest BCUT2D eigenvalue weighted by Crippen LogP contribution is -2.32. The van der Waals surface area contributed by atoms with Crippen molar-refractivity contribution in [1.82, 2.24) is 15.0 Å². The minimum Gasteiger partial charge on any atom is -0.480 e. The first-order chi connectivity index (χ1) is 5.59. The van der Waals surface area contributed by atoms with E-state index in [0.717, 1.165) is 0 Å². The summed E-state index contributed by atoms with van der Waals surface area (Å²) in [4.78, 5) is 10.3. The summed E-state index contributed by atoms with van der Waals surface area (Å²) >= 11 is 0. The molecule has 0 aliphatic heterocycles. The van der Waals surface area contributed by atoms with E-state index >= 15 is 0 Å². The summed E-state index contributed by atoms with van der Waals surface area (Å²) in [6.45, 7) is 0. The minimum atomic E-state index is -1.03. The van der Waals surface area contributed by atoms with Gasteiger partial charge < -0.3 is 10.8 Å². The van der Waals surface area contributed by atoms with Gasteiger partial charge in [-0.25, -0.2) is 0 Å². The predicted molar refractivity (Wildman–Crippen MR) is 40.3 cm³/mol. The van der Waals surface area contributed by atoms with Crippen molar-refractivity contribution in [2.45, 2.75) is 12.5 Å². The van der Waals surface area contributed by atoms with E-state index in [1.54, 1.807) is 13.2 Å². The number of hydrogen-bond acceptors (Lipinski definition) is 4. The standard InChI is InChI=1S/C6H10N4O2/c1-10-3-4(8-9-10)2-5(7)6(11)12/h3,5H,2,7H2,1H3,(H,11,12). The second kappa shape index (κ2) is 3.31.